The van der Waals surface area contributed by atoms with Crippen LogP contribution in [0.3, 0.4) is 0 Å². The average Bonchev–Trinajstić information content (AvgIpc) is 3.41. The summed E-state index contributed by atoms with van der Waals surface area (Å²) in [6.45, 7) is 0. The van der Waals surface area contributed by atoms with Gasteiger partial charge in [0.15, 0.2) is 0 Å². The number of nitrogen functional groups attached to an aromatic ring is 1. The van der Waals surface area contributed by atoms with Gasteiger partial charge in [0.05, 0.1) is 27.5 Å². The number of aliphatic hydroxyl groups is 1. The number of nitrogens with one attached hydrogen (secondary N) is 1. The van der Waals surface area contributed by atoms with E-state index in [0.717, 1.165) is 29.2 Å². The van der Waals surface area contributed by atoms with Gasteiger partial charge in [0.25, 0.3) is 0 Å². The lowest BCUT2D eigenvalue weighted by Crippen LogP contribution is -2.30. The fourth-order valence-electron chi connectivity index (χ4n) is 4.87. The molecular weight excluding hydrogens is 541 g/mol. The van der Waals surface area contributed by atoms with Crippen molar-refractivity contribution in [2.45, 2.75) is 44.0 Å². The number of nitrogens with two attached hydrogens (primary N) is 1. The number of rotatable bonds is 5. The molecule has 3 atom stereocenters. The van der Waals surface area contributed by atoms with Crippen molar-refractivity contribution < 1.29 is 23.1 Å². The fourth-order valence-corrected chi connectivity index (χ4v) is 5.30. The summed E-state index contributed by atoms with van der Waals surface area (Å²) in [6.07, 6.45) is 0.741. The number of aryl methyl sites for hydroxylation is 1. The highest BCUT2D eigenvalue weighted by Gasteiger charge is 2.39. The monoisotopic (exact) mass is 562 g/mol. The van der Waals surface area contributed by atoms with E-state index in [4.69, 9.17) is 5.73 Å². The van der Waals surface area contributed by atoms with Gasteiger partial charge in [0, 0.05) is 11.6 Å². The van der Waals surface area contributed by atoms with Crippen LogP contribution in [0.1, 0.15) is 30.9 Å². The first-order valence-electron chi connectivity index (χ1n) is 11.3. The maximum Gasteiger partial charge on any atom is 0.471 e. The van der Waals surface area contributed by atoms with Crippen LogP contribution < -0.4 is 11.1 Å². The normalized spacial score (nSPS) is 20.3. The smallest absolute Gasteiger partial charge is 0.391 e. The molecule has 1 fully saturated rings. The summed E-state index contributed by atoms with van der Waals surface area (Å²) in [5.74, 6) is -1.59. The standard InChI is InChI=1S/C24H22BrF3N6O2/c25-16-10-14-4-3-12(7-17(14)32-21(16)33-23(36)24(26,27)28)1-2-13-8-18(19(35)9-13)34-6-5-15-20(29)30-11-31-22(15)34/h3-7,10-11,13,18-19,35H,1-2,8-9H2,(H2,29,30,31)(H,32,33,36)/t13?,18?,19-/m1/s1. The molecule has 0 spiro atoms. The van der Waals surface area contributed by atoms with Crippen molar-refractivity contribution >= 4 is 55.4 Å². The summed E-state index contributed by atoms with van der Waals surface area (Å²) in [5, 5.41) is 14.1. The molecule has 12 heteroatoms. The molecular formula is C24H22BrF3N6O2. The van der Waals surface area contributed by atoms with Crippen molar-refractivity contribution in [2.24, 2.45) is 5.92 Å². The predicted octanol–water partition coefficient (Wildman–Crippen LogP) is 4.77. The van der Waals surface area contributed by atoms with Crippen molar-refractivity contribution in [1.82, 2.24) is 19.5 Å². The second-order valence-corrected chi connectivity index (χ2v) is 9.88. The minimum atomic E-state index is -5.01. The molecule has 36 heavy (non-hydrogen) atoms. The highest BCUT2D eigenvalue weighted by atomic mass is 79.9. The van der Waals surface area contributed by atoms with Crippen molar-refractivity contribution in [2.75, 3.05) is 11.1 Å². The summed E-state index contributed by atoms with van der Waals surface area (Å²) in [7, 11) is 0. The van der Waals surface area contributed by atoms with E-state index in [1.54, 1.807) is 6.07 Å². The number of pyridine rings is 1. The molecule has 8 nitrogen and oxygen atoms in total. The Bertz CT molecular complexity index is 1460. The van der Waals surface area contributed by atoms with E-state index >= 15 is 0 Å². The lowest BCUT2D eigenvalue weighted by molar-refractivity contribution is -0.167. The van der Waals surface area contributed by atoms with Gasteiger partial charge in [-0.25, -0.2) is 15.0 Å². The Labute approximate surface area is 211 Å². The number of halogens is 4. The van der Waals surface area contributed by atoms with Gasteiger partial charge in [-0.05, 0) is 71.3 Å². The van der Waals surface area contributed by atoms with Gasteiger partial charge in [-0.15, -0.1) is 0 Å². The number of anilines is 2. The molecule has 0 bridgehead atoms. The van der Waals surface area contributed by atoms with Crippen LogP contribution in [-0.4, -0.2) is 42.8 Å². The van der Waals surface area contributed by atoms with Crippen LogP contribution in [0, 0.1) is 5.92 Å². The number of alkyl halides is 3. The highest BCUT2D eigenvalue weighted by Crippen LogP contribution is 2.39. The maximum absolute atomic E-state index is 12.6. The molecule has 3 heterocycles. The number of aromatic nitrogens is 4. The molecule has 1 aliphatic carbocycles. The zero-order valence-corrected chi connectivity index (χ0v) is 20.4. The van der Waals surface area contributed by atoms with Crippen molar-refractivity contribution in [3.05, 3.63) is 52.9 Å². The van der Waals surface area contributed by atoms with Gasteiger partial charge in [-0.3, -0.25) is 4.79 Å². The van der Waals surface area contributed by atoms with E-state index in [2.05, 4.69) is 30.9 Å². The van der Waals surface area contributed by atoms with E-state index in [9.17, 15) is 23.1 Å². The number of carbonyl (C=O) groups is 1. The van der Waals surface area contributed by atoms with E-state index in [1.165, 1.54) is 6.33 Å². The molecule has 1 saturated carbocycles. The summed E-state index contributed by atoms with van der Waals surface area (Å²) in [4.78, 5) is 23.9. The van der Waals surface area contributed by atoms with Gasteiger partial charge in [-0.1, -0.05) is 12.1 Å². The summed E-state index contributed by atoms with van der Waals surface area (Å²) in [5.41, 5.74) is 8.09. The Kier molecular flexibility index (Phi) is 6.33. The van der Waals surface area contributed by atoms with Crippen molar-refractivity contribution in [1.29, 1.82) is 0 Å². The van der Waals surface area contributed by atoms with Crippen molar-refractivity contribution in [3.8, 4) is 0 Å². The minimum Gasteiger partial charge on any atom is -0.391 e. The molecule has 3 aromatic heterocycles. The van der Waals surface area contributed by atoms with Crippen LogP contribution in [-0.2, 0) is 11.2 Å². The third kappa shape index (κ3) is 4.74. The number of nitrogens with zero attached hydrogens (tertiary/aromatic N) is 4. The number of aliphatic hydroxyl groups excluding tert-OH is 1. The Balaban J connectivity index is 1.29. The van der Waals surface area contributed by atoms with Crippen molar-refractivity contribution in [3.63, 3.8) is 0 Å². The number of amides is 1. The fraction of sp³-hybridized carbons (Fsp3) is 0.333. The van der Waals surface area contributed by atoms with Crippen LogP contribution in [0.2, 0.25) is 0 Å². The Morgan fingerprint density at radius 2 is 2.03 bits per heavy atom. The first kappa shape index (κ1) is 24.4. The lowest BCUT2D eigenvalue weighted by atomic mass is 9.97. The molecule has 1 aliphatic rings. The zero-order chi connectivity index (χ0) is 25.6. The third-order valence-corrected chi connectivity index (χ3v) is 7.26. The van der Waals surface area contributed by atoms with E-state index in [-0.39, 0.29) is 22.3 Å². The number of hydrogen-bond donors (Lipinski definition) is 3. The van der Waals surface area contributed by atoms with Crippen LogP contribution in [0.5, 0.6) is 0 Å². The average molecular weight is 563 g/mol. The molecule has 0 aliphatic heterocycles. The maximum atomic E-state index is 12.6. The van der Waals surface area contributed by atoms with Gasteiger partial charge in [-0.2, -0.15) is 13.2 Å². The second-order valence-electron chi connectivity index (χ2n) is 9.03. The molecule has 4 aromatic rings. The van der Waals surface area contributed by atoms with Gasteiger partial charge in [0.1, 0.15) is 23.6 Å². The van der Waals surface area contributed by atoms with Gasteiger partial charge in [0.2, 0.25) is 0 Å². The van der Waals surface area contributed by atoms with E-state index in [0.29, 0.717) is 29.8 Å². The molecule has 188 valence electrons. The van der Waals surface area contributed by atoms with E-state index in [1.807, 2.05) is 40.3 Å². The van der Waals surface area contributed by atoms with Crippen LogP contribution in [0.4, 0.5) is 24.8 Å². The van der Waals surface area contributed by atoms with Gasteiger partial charge < -0.3 is 20.7 Å². The van der Waals surface area contributed by atoms with E-state index < -0.39 is 18.2 Å². The van der Waals surface area contributed by atoms with Gasteiger partial charge >= 0.3 is 12.1 Å². The molecule has 1 amide bonds. The highest BCUT2D eigenvalue weighted by molar-refractivity contribution is 9.10. The number of carbonyl (C=O) groups excluding carboxylic acids is 1. The quantitative estimate of drug-likeness (QED) is 0.322. The second kappa shape index (κ2) is 9.32. The summed E-state index contributed by atoms with van der Waals surface area (Å²) < 4.78 is 40.2. The SMILES string of the molecule is Nc1ncnc2c1ccn2C1CC(CCc2ccc3cc(Br)c(NC(=O)C(F)(F)F)nc3c2)C[C@H]1O. The molecule has 0 radical (unpaired) electrons. The topological polar surface area (TPSA) is 119 Å². The number of fused-ring (bicyclic) bond motifs is 2. The lowest BCUT2D eigenvalue weighted by Gasteiger charge is -2.17. The molecule has 0 saturated heterocycles. The predicted molar refractivity (Wildman–Crippen MR) is 132 cm³/mol. The zero-order valence-electron chi connectivity index (χ0n) is 18.8. The molecule has 1 aromatic carbocycles. The Morgan fingerprint density at radius 1 is 1.22 bits per heavy atom. The molecule has 4 N–H and O–H groups in total. The first-order chi connectivity index (χ1) is 17.1. The van der Waals surface area contributed by atoms with Crippen LogP contribution >= 0.6 is 15.9 Å². The molecule has 5 rings (SSSR count). The molecule has 2 unspecified atom stereocenters. The summed E-state index contributed by atoms with van der Waals surface area (Å²) >= 11 is 3.17. The largest absolute Gasteiger partial charge is 0.471 e. The minimum absolute atomic E-state index is 0.114. The van der Waals surface area contributed by atoms with Crippen LogP contribution in [0.25, 0.3) is 21.9 Å². The summed E-state index contributed by atoms with van der Waals surface area (Å²) in [6, 6.07) is 8.97. The Morgan fingerprint density at radius 3 is 2.81 bits per heavy atom. The number of hydrogen-bond acceptors (Lipinski definition) is 6. The first-order valence-corrected chi connectivity index (χ1v) is 12.1. The van der Waals surface area contributed by atoms with Crippen LogP contribution in [0.15, 0.2) is 47.3 Å². The number of benzene rings is 1. The third-order valence-electron chi connectivity index (χ3n) is 6.66. The Hall–Kier alpha value is -3.25.